The molecule has 0 aliphatic rings. The van der Waals surface area contributed by atoms with Crippen LogP contribution in [0.5, 0.6) is 5.88 Å². The van der Waals surface area contributed by atoms with Gasteiger partial charge in [-0.05, 0) is 12.5 Å². The van der Waals surface area contributed by atoms with Gasteiger partial charge in [0.15, 0.2) is 0 Å². The molecule has 1 aromatic rings. The van der Waals surface area contributed by atoms with E-state index in [-0.39, 0.29) is 11.9 Å². The molecule has 1 heterocycles. The molecule has 5 nitrogen and oxygen atoms in total. The number of primary amides is 1. The number of aromatic nitrogens is 1. The molecule has 0 saturated carbocycles. The molecule has 1 amide bonds. The van der Waals surface area contributed by atoms with Gasteiger partial charge in [-0.25, -0.2) is 4.98 Å². The predicted octanol–water partition coefficient (Wildman–Crippen LogP) is 0.0536. The van der Waals surface area contributed by atoms with Crippen LogP contribution in [0.4, 0.5) is 0 Å². The van der Waals surface area contributed by atoms with Crippen molar-refractivity contribution < 1.29 is 9.53 Å². The zero-order chi connectivity index (χ0) is 11.3. The number of methoxy groups -OCH3 is 1. The lowest BCUT2D eigenvalue weighted by Crippen LogP contribution is -2.38. The van der Waals surface area contributed by atoms with Gasteiger partial charge >= 0.3 is 0 Å². The fraction of sp³-hybridized carbons (Fsp3) is 0.400. The van der Waals surface area contributed by atoms with Crippen molar-refractivity contribution in [2.24, 2.45) is 5.73 Å². The smallest absolute Gasteiger partial charge is 0.234 e. The second-order valence-corrected chi connectivity index (χ2v) is 3.21. The molecular formula is C10H15N3O2. The number of rotatable bonds is 5. The van der Waals surface area contributed by atoms with E-state index in [1.807, 2.05) is 6.07 Å². The molecule has 1 rings (SSSR count). The molecular weight excluding hydrogens is 194 g/mol. The molecule has 1 unspecified atom stereocenters. The lowest BCUT2D eigenvalue weighted by Gasteiger charge is -2.09. The van der Waals surface area contributed by atoms with Crippen molar-refractivity contribution in [2.45, 2.75) is 19.5 Å². The Labute approximate surface area is 88.6 Å². The molecule has 0 saturated heterocycles. The van der Waals surface area contributed by atoms with E-state index in [0.29, 0.717) is 12.4 Å². The Hall–Kier alpha value is -1.62. The summed E-state index contributed by atoms with van der Waals surface area (Å²) in [6.07, 6.45) is 1.69. The number of nitrogens with one attached hydrogen (secondary N) is 1. The first-order chi connectivity index (χ1) is 7.13. The van der Waals surface area contributed by atoms with E-state index in [1.165, 1.54) is 0 Å². The normalized spacial score (nSPS) is 12.1. The van der Waals surface area contributed by atoms with E-state index < -0.39 is 0 Å². The molecule has 3 N–H and O–H groups in total. The van der Waals surface area contributed by atoms with Gasteiger partial charge in [-0.3, -0.25) is 4.79 Å². The van der Waals surface area contributed by atoms with Gasteiger partial charge in [0.1, 0.15) is 0 Å². The number of ether oxygens (including phenoxy) is 1. The van der Waals surface area contributed by atoms with Crippen LogP contribution in [0, 0.1) is 0 Å². The van der Waals surface area contributed by atoms with Crippen molar-refractivity contribution in [1.82, 2.24) is 10.3 Å². The molecule has 0 spiro atoms. The first-order valence-electron chi connectivity index (χ1n) is 4.65. The second-order valence-electron chi connectivity index (χ2n) is 3.21. The molecule has 0 aromatic carbocycles. The molecule has 1 aromatic heterocycles. The highest BCUT2D eigenvalue weighted by molar-refractivity contribution is 5.79. The molecule has 5 heteroatoms. The van der Waals surface area contributed by atoms with Gasteiger partial charge in [-0.2, -0.15) is 0 Å². The summed E-state index contributed by atoms with van der Waals surface area (Å²) in [5.41, 5.74) is 6.08. The highest BCUT2D eigenvalue weighted by Crippen LogP contribution is 2.06. The standard InChI is InChI=1S/C10H15N3O2/c1-7(10(11)14)12-5-8-3-4-9(15-2)13-6-8/h3-4,6-7,12H,5H2,1-2H3,(H2,11,14). The lowest BCUT2D eigenvalue weighted by molar-refractivity contribution is -0.119. The SMILES string of the molecule is COc1ccc(CNC(C)C(N)=O)cn1. The zero-order valence-corrected chi connectivity index (χ0v) is 8.86. The molecule has 0 bridgehead atoms. The molecule has 82 valence electrons. The Morgan fingerprint density at radius 3 is 2.87 bits per heavy atom. The predicted molar refractivity (Wildman–Crippen MR) is 56.3 cm³/mol. The number of pyridine rings is 1. The van der Waals surface area contributed by atoms with Crippen molar-refractivity contribution in [2.75, 3.05) is 7.11 Å². The second kappa shape index (κ2) is 5.31. The third kappa shape index (κ3) is 3.55. The van der Waals surface area contributed by atoms with E-state index in [1.54, 1.807) is 26.3 Å². The number of hydrogen-bond acceptors (Lipinski definition) is 4. The topological polar surface area (TPSA) is 77.2 Å². The van der Waals surface area contributed by atoms with Gasteiger partial charge < -0.3 is 15.8 Å². The van der Waals surface area contributed by atoms with Crippen molar-refractivity contribution >= 4 is 5.91 Å². The summed E-state index contributed by atoms with van der Waals surface area (Å²) in [7, 11) is 1.56. The van der Waals surface area contributed by atoms with Crippen molar-refractivity contribution in [3.8, 4) is 5.88 Å². The van der Waals surface area contributed by atoms with Crippen molar-refractivity contribution in [3.63, 3.8) is 0 Å². The average molecular weight is 209 g/mol. The third-order valence-electron chi connectivity index (χ3n) is 2.05. The van der Waals surface area contributed by atoms with Crippen LogP contribution in [0.2, 0.25) is 0 Å². The first-order valence-corrected chi connectivity index (χ1v) is 4.65. The van der Waals surface area contributed by atoms with Crippen LogP contribution < -0.4 is 15.8 Å². The quantitative estimate of drug-likeness (QED) is 0.718. The number of nitrogens with two attached hydrogens (primary N) is 1. The maximum absolute atomic E-state index is 10.7. The van der Waals surface area contributed by atoms with Crippen LogP contribution in [0.1, 0.15) is 12.5 Å². The minimum atomic E-state index is -0.364. The van der Waals surface area contributed by atoms with Gasteiger partial charge in [0.2, 0.25) is 11.8 Å². The lowest BCUT2D eigenvalue weighted by atomic mass is 10.2. The van der Waals surface area contributed by atoms with E-state index >= 15 is 0 Å². The summed E-state index contributed by atoms with van der Waals surface area (Å²) in [5, 5.41) is 2.98. The molecule has 15 heavy (non-hydrogen) atoms. The zero-order valence-electron chi connectivity index (χ0n) is 8.86. The maximum atomic E-state index is 10.7. The van der Waals surface area contributed by atoms with E-state index in [9.17, 15) is 4.79 Å². The summed E-state index contributed by atoms with van der Waals surface area (Å²) in [6, 6.07) is 3.31. The number of hydrogen-bond donors (Lipinski definition) is 2. The minimum absolute atomic E-state index is 0.341. The fourth-order valence-electron chi connectivity index (χ4n) is 1.01. The Bertz CT molecular complexity index is 324. The third-order valence-corrected chi connectivity index (χ3v) is 2.05. The van der Waals surface area contributed by atoms with Crippen molar-refractivity contribution in [3.05, 3.63) is 23.9 Å². The van der Waals surface area contributed by atoms with Crippen LogP contribution >= 0.6 is 0 Å². The van der Waals surface area contributed by atoms with Gasteiger partial charge in [0, 0.05) is 18.8 Å². The van der Waals surface area contributed by atoms with Gasteiger partial charge in [0.05, 0.1) is 13.2 Å². The van der Waals surface area contributed by atoms with Gasteiger partial charge in [-0.15, -0.1) is 0 Å². The number of amides is 1. The van der Waals surface area contributed by atoms with Crippen LogP contribution in [0.15, 0.2) is 18.3 Å². The average Bonchev–Trinajstić information content (AvgIpc) is 2.26. The van der Waals surface area contributed by atoms with E-state index in [2.05, 4.69) is 10.3 Å². The number of carbonyl (C=O) groups excluding carboxylic acids is 1. The Balaban J connectivity index is 2.47. The van der Waals surface area contributed by atoms with Gasteiger partial charge in [-0.1, -0.05) is 6.07 Å². The number of carbonyl (C=O) groups is 1. The maximum Gasteiger partial charge on any atom is 0.234 e. The Morgan fingerprint density at radius 2 is 2.40 bits per heavy atom. The molecule has 0 radical (unpaired) electrons. The molecule has 1 atom stereocenters. The highest BCUT2D eigenvalue weighted by Gasteiger charge is 2.06. The summed E-state index contributed by atoms with van der Waals surface area (Å²) < 4.78 is 4.93. The largest absolute Gasteiger partial charge is 0.481 e. The van der Waals surface area contributed by atoms with Crippen molar-refractivity contribution in [1.29, 1.82) is 0 Å². The highest BCUT2D eigenvalue weighted by atomic mass is 16.5. The first kappa shape index (κ1) is 11.5. The molecule has 0 aliphatic heterocycles. The number of nitrogens with zero attached hydrogens (tertiary/aromatic N) is 1. The molecule has 0 fully saturated rings. The van der Waals surface area contributed by atoms with E-state index in [0.717, 1.165) is 5.56 Å². The minimum Gasteiger partial charge on any atom is -0.481 e. The molecule has 0 aliphatic carbocycles. The summed E-state index contributed by atoms with van der Waals surface area (Å²) in [4.78, 5) is 14.8. The monoisotopic (exact) mass is 209 g/mol. The summed E-state index contributed by atoms with van der Waals surface area (Å²) >= 11 is 0. The van der Waals surface area contributed by atoms with Crippen LogP contribution in [-0.4, -0.2) is 24.0 Å². The van der Waals surface area contributed by atoms with Crippen LogP contribution in [-0.2, 0) is 11.3 Å². The van der Waals surface area contributed by atoms with E-state index in [4.69, 9.17) is 10.5 Å². The summed E-state index contributed by atoms with van der Waals surface area (Å²) in [5.74, 6) is 0.207. The van der Waals surface area contributed by atoms with Gasteiger partial charge in [0.25, 0.3) is 0 Å². The van der Waals surface area contributed by atoms with Crippen LogP contribution in [0.3, 0.4) is 0 Å². The Kier molecular flexibility index (Phi) is 4.05. The fourth-order valence-corrected chi connectivity index (χ4v) is 1.01. The van der Waals surface area contributed by atoms with Crippen LogP contribution in [0.25, 0.3) is 0 Å². The Morgan fingerprint density at radius 1 is 1.67 bits per heavy atom. The summed E-state index contributed by atoms with van der Waals surface area (Å²) in [6.45, 7) is 2.28.